The quantitative estimate of drug-likeness (QED) is 0.698. The molecule has 1 aliphatic heterocycles. The normalized spacial score (nSPS) is 16.2. The van der Waals surface area contributed by atoms with Gasteiger partial charge in [0.05, 0.1) is 11.2 Å². The zero-order chi connectivity index (χ0) is 19.0. The standard InChI is InChI=1S/C18H18F3N5O/c1-12-10-13(24-27-12)11-25-6-8-26(9-7-25)17-14-2-3-16(18(19,20)21)23-15(14)4-5-22-17/h2-5,10H,6-9,11H2,1H3. The van der Waals surface area contributed by atoms with E-state index < -0.39 is 11.9 Å². The molecule has 0 bridgehead atoms. The summed E-state index contributed by atoms with van der Waals surface area (Å²) in [7, 11) is 0. The molecule has 0 radical (unpaired) electrons. The third-order valence-corrected chi connectivity index (χ3v) is 4.62. The summed E-state index contributed by atoms with van der Waals surface area (Å²) in [6.45, 7) is 5.63. The molecule has 9 heteroatoms. The minimum Gasteiger partial charge on any atom is -0.361 e. The van der Waals surface area contributed by atoms with E-state index in [1.165, 1.54) is 18.3 Å². The van der Waals surface area contributed by atoms with E-state index >= 15 is 0 Å². The Labute approximate surface area is 153 Å². The second-order valence-electron chi connectivity index (χ2n) is 6.59. The maximum Gasteiger partial charge on any atom is 0.433 e. The molecule has 0 unspecified atom stereocenters. The van der Waals surface area contributed by atoms with E-state index in [0.29, 0.717) is 23.3 Å². The highest BCUT2D eigenvalue weighted by atomic mass is 19.4. The van der Waals surface area contributed by atoms with Crippen molar-refractivity contribution >= 4 is 16.7 Å². The lowest BCUT2D eigenvalue weighted by molar-refractivity contribution is -0.140. The predicted octanol–water partition coefficient (Wildman–Crippen LogP) is 3.27. The van der Waals surface area contributed by atoms with Crippen LogP contribution < -0.4 is 4.90 Å². The number of alkyl halides is 3. The van der Waals surface area contributed by atoms with Crippen LogP contribution in [0.3, 0.4) is 0 Å². The maximum atomic E-state index is 12.9. The third-order valence-electron chi connectivity index (χ3n) is 4.62. The van der Waals surface area contributed by atoms with Gasteiger partial charge in [-0.05, 0) is 25.1 Å². The average Bonchev–Trinajstić information content (AvgIpc) is 3.05. The molecule has 0 aliphatic carbocycles. The summed E-state index contributed by atoms with van der Waals surface area (Å²) in [6.07, 6.45) is -2.95. The summed E-state index contributed by atoms with van der Waals surface area (Å²) in [5.74, 6) is 1.46. The zero-order valence-electron chi connectivity index (χ0n) is 14.7. The second-order valence-corrected chi connectivity index (χ2v) is 6.59. The van der Waals surface area contributed by atoms with E-state index in [-0.39, 0.29) is 0 Å². The number of aryl methyl sites for hydroxylation is 1. The Morgan fingerprint density at radius 1 is 1.11 bits per heavy atom. The smallest absolute Gasteiger partial charge is 0.361 e. The van der Waals surface area contributed by atoms with E-state index in [9.17, 15) is 13.2 Å². The molecule has 1 fully saturated rings. The SMILES string of the molecule is Cc1cc(CN2CCN(c3nccc4nc(C(F)(F)F)ccc34)CC2)no1. The van der Waals surface area contributed by atoms with Crippen LogP contribution in [0.4, 0.5) is 19.0 Å². The van der Waals surface area contributed by atoms with Crippen molar-refractivity contribution < 1.29 is 17.7 Å². The molecule has 1 saturated heterocycles. The van der Waals surface area contributed by atoms with Crippen LogP contribution in [-0.4, -0.2) is 46.2 Å². The fourth-order valence-electron chi connectivity index (χ4n) is 3.29. The maximum absolute atomic E-state index is 12.9. The Morgan fingerprint density at radius 2 is 1.89 bits per heavy atom. The van der Waals surface area contributed by atoms with Crippen LogP contribution in [0.25, 0.3) is 10.9 Å². The number of anilines is 1. The van der Waals surface area contributed by atoms with Crippen LogP contribution >= 0.6 is 0 Å². The monoisotopic (exact) mass is 377 g/mol. The number of hydrogen-bond donors (Lipinski definition) is 0. The zero-order valence-corrected chi connectivity index (χ0v) is 14.7. The van der Waals surface area contributed by atoms with Crippen LogP contribution in [0.15, 0.2) is 35.0 Å². The average molecular weight is 377 g/mol. The van der Waals surface area contributed by atoms with E-state index in [2.05, 4.69) is 24.9 Å². The number of halogens is 3. The van der Waals surface area contributed by atoms with Crippen LogP contribution in [0.2, 0.25) is 0 Å². The number of aromatic nitrogens is 3. The molecule has 1 aliphatic rings. The number of rotatable bonds is 3. The van der Waals surface area contributed by atoms with E-state index in [0.717, 1.165) is 43.7 Å². The summed E-state index contributed by atoms with van der Waals surface area (Å²) in [5, 5.41) is 4.64. The highest BCUT2D eigenvalue weighted by Crippen LogP contribution is 2.31. The molecule has 0 aromatic carbocycles. The first kappa shape index (κ1) is 17.7. The molecule has 0 atom stereocenters. The lowest BCUT2D eigenvalue weighted by Crippen LogP contribution is -2.46. The fourth-order valence-corrected chi connectivity index (χ4v) is 3.29. The van der Waals surface area contributed by atoms with E-state index in [1.54, 1.807) is 0 Å². The van der Waals surface area contributed by atoms with Crippen molar-refractivity contribution in [1.29, 1.82) is 0 Å². The van der Waals surface area contributed by atoms with Crippen molar-refractivity contribution in [2.24, 2.45) is 0 Å². The minimum absolute atomic E-state index is 0.301. The van der Waals surface area contributed by atoms with Gasteiger partial charge in [0.25, 0.3) is 0 Å². The van der Waals surface area contributed by atoms with Crippen molar-refractivity contribution in [3.8, 4) is 0 Å². The molecule has 6 nitrogen and oxygen atoms in total. The summed E-state index contributed by atoms with van der Waals surface area (Å²) >= 11 is 0. The van der Waals surface area contributed by atoms with Crippen molar-refractivity contribution in [3.05, 3.63) is 47.6 Å². The highest BCUT2D eigenvalue weighted by molar-refractivity contribution is 5.89. The summed E-state index contributed by atoms with van der Waals surface area (Å²) in [4.78, 5) is 12.5. The molecule has 3 aromatic rings. The van der Waals surface area contributed by atoms with Crippen LogP contribution in [0, 0.1) is 6.92 Å². The fraction of sp³-hybridized carbons (Fsp3) is 0.389. The molecule has 27 heavy (non-hydrogen) atoms. The third kappa shape index (κ3) is 3.73. The van der Waals surface area contributed by atoms with Crippen LogP contribution in [0.5, 0.6) is 0 Å². The summed E-state index contributed by atoms with van der Waals surface area (Å²) in [6, 6.07) is 5.90. The van der Waals surface area contributed by atoms with Crippen molar-refractivity contribution in [2.75, 3.05) is 31.1 Å². The first-order chi connectivity index (χ1) is 12.9. The van der Waals surface area contributed by atoms with Gasteiger partial charge in [-0.15, -0.1) is 0 Å². The van der Waals surface area contributed by atoms with E-state index in [1.807, 2.05) is 13.0 Å². The molecule has 4 heterocycles. The molecule has 0 amide bonds. The molecule has 3 aromatic heterocycles. The molecule has 142 valence electrons. The number of hydrogen-bond acceptors (Lipinski definition) is 6. The lowest BCUT2D eigenvalue weighted by atomic mass is 10.2. The predicted molar refractivity (Wildman–Crippen MR) is 93.3 cm³/mol. The molecule has 0 spiro atoms. The van der Waals surface area contributed by atoms with Crippen molar-refractivity contribution in [1.82, 2.24) is 20.0 Å². The lowest BCUT2D eigenvalue weighted by Gasteiger charge is -2.35. The topological polar surface area (TPSA) is 58.3 Å². The molecule has 0 saturated carbocycles. The molecule has 0 N–H and O–H groups in total. The largest absolute Gasteiger partial charge is 0.433 e. The van der Waals surface area contributed by atoms with Gasteiger partial charge in [-0.25, -0.2) is 9.97 Å². The van der Waals surface area contributed by atoms with Gasteiger partial charge >= 0.3 is 6.18 Å². The first-order valence-electron chi connectivity index (χ1n) is 8.62. The molecular weight excluding hydrogens is 359 g/mol. The van der Waals surface area contributed by atoms with Gasteiger partial charge < -0.3 is 9.42 Å². The van der Waals surface area contributed by atoms with Gasteiger partial charge in [0.1, 0.15) is 17.3 Å². The number of nitrogens with zero attached hydrogens (tertiary/aromatic N) is 5. The number of piperazine rings is 1. The molecular formula is C18H18F3N5O. The van der Waals surface area contributed by atoms with Crippen molar-refractivity contribution in [2.45, 2.75) is 19.6 Å². The van der Waals surface area contributed by atoms with Crippen molar-refractivity contribution in [3.63, 3.8) is 0 Å². The van der Waals surface area contributed by atoms with E-state index in [4.69, 9.17) is 4.52 Å². The summed E-state index contributed by atoms with van der Waals surface area (Å²) in [5.41, 5.74) is 0.309. The van der Waals surface area contributed by atoms with Crippen LogP contribution in [0.1, 0.15) is 17.1 Å². The second kappa shape index (κ2) is 6.80. The van der Waals surface area contributed by atoms with Gasteiger partial charge in [-0.1, -0.05) is 5.16 Å². The number of fused-ring (bicyclic) bond motifs is 1. The Morgan fingerprint density at radius 3 is 2.56 bits per heavy atom. The molecule has 4 rings (SSSR count). The Balaban J connectivity index is 1.50. The summed E-state index contributed by atoms with van der Waals surface area (Å²) < 4.78 is 43.8. The van der Waals surface area contributed by atoms with Gasteiger partial charge in [-0.3, -0.25) is 4.90 Å². The minimum atomic E-state index is -4.46. The van der Waals surface area contributed by atoms with Crippen LogP contribution in [-0.2, 0) is 12.7 Å². The van der Waals surface area contributed by atoms with Gasteiger partial charge in [0.2, 0.25) is 0 Å². The van der Waals surface area contributed by atoms with Gasteiger partial charge in [0, 0.05) is 50.4 Å². The first-order valence-corrected chi connectivity index (χ1v) is 8.62. The van der Waals surface area contributed by atoms with Gasteiger partial charge in [-0.2, -0.15) is 13.2 Å². The van der Waals surface area contributed by atoms with Gasteiger partial charge in [0.15, 0.2) is 0 Å². The number of pyridine rings is 2. The Kier molecular flexibility index (Phi) is 4.47. The Hall–Kier alpha value is -2.68. The Bertz CT molecular complexity index is 948. The highest BCUT2D eigenvalue weighted by Gasteiger charge is 2.32.